The maximum Gasteiger partial charge on any atom is 0.421 e. The lowest BCUT2D eigenvalue weighted by atomic mass is 10.3. The van der Waals surface area contributed by atoms with Gasteiger partial charge in [-0.1, -0.05) is 14.0 Å². The lowest BCUT2D eigenvalue weighted by molar-refractivity contribution is -0.137. The predicted molar refractivity (Wildman–Crippen MR) is 86.1 cm³/mol. The first-order valence-corrected chi connectivity index (χ1v) is 8.78. The maximum atomic E-state index is 12.6. The van der Waals surface area contributed by atoms with Gasteiger partial charge in [-0.3, -0.25) is 0 Å². The number of hydrogen-bond acceptors (Lipinski definition) is 5. The van der Waals surface area contributed by atoms with Crippen molar-refractivity contribution in [3.8, 4) is 5.75 Å². The monoisotopic (exact) mass is 344 g/mol. The highest BCUT2D eigenvalue weighted by molar-refractivity contribution is 7.64. The van der Waals surface area contributed by atoms with E-state index in [1.54, 1.807) is 6.07 Å². The minimum absolute atomic E-state index is 0.0307. The van der Waals surface area contributed by atoms with E-state index in [0.717, 1.165) is 5.30 Å². The van der Waals surface area contributed by atoms with Crippen LogP contribution in [-0.2, 0) is 6.18 Å². The fraction of sp³-hybridized carbons (Fsp3) is 0.286. The molecule has 1 heterocycles. The van der Waals surface area contributed by atoms with Gasteiger partial charge >= 0.3 is 6.18 Å². The Morgan fingerprint density at radius 3 is 2.48 bits per heavy atom. The molecule has 0 bridgehead atoms. The van der Waals surface area contributed by atoms with Gasteiger partial charge in [0.15, 0.2) is 0 Å². The molecule has 0 saturated carbocycles. The number of anilines is 3. The Balaban J connectivity index is 2.31. The van der Waals surface area contributed by atoms with E-state index in [0.29, 0.717) is 17.6 Å². The number of nitrogen functional groups attached to an aromatic ring is 1. The predicted octanol–water partition coefficient (Wildman–Crippen LogP) is 3.20. The third-order valence-electron chi connectivity index (χ3n) is 3.07. The molecule has 0 fully saturated rings. The summed E-state index contributed by atoms with van der Waals surface area (Å²) < 4.78 is 43.2. The molecule has 1 aromatic heterocycles. The number of nitrogens with zero attached hydrogens (tertiary/aromatic N) is 2. The van der Waals surface area contributed by atoms with Crippen molar-refractivity contribution in [1.82, 2.24) is 9.97 Å². The van der Waals surface area contributed by atoms with E-state index in [1.807, 2.05) is 12.1 Å². The first-order chi connectivity index (χ1) is 10.7. The largest absolute Gasteiger partial charge is 0.495 e. The second kappa shape index (κ2) is 6.58. The zero-order valence-corrected chi connectivity index (χ0v) is 13.7. The molecule has 1 aromatic carbocycles. The summed E-state index contributed by atoms with van der Waals surface area (Å²) in [6, 6.07) is 5.57. The van der Waals surface area contributed by atoms with Crippen molar-refractivity contribution in [2.75, 3.05) is 31.5 Å². The summed E-state index contributed by atoms with van der Waals surface area (Å²) in [7, 11) is 1.22. The number of nitrogens with two attached hydrogens (primary N) is 1. The number of nitrogens with one attached hydrogen (secondary N) is 1. The summed E-state index contributed by atoms with van der Waals surface area (Å²) in [6.07, 6.45) is -3.93. The summed E-state index contributed by atoms with van der Waals surface area (Å²) in [5.74, 6) is -0.103. The zero-order chi connectivity index (χ0) is 17.2. The fourth-order valence-corrected chi connectivity index (χ4v) is 2.60. The van der Waals surface area contributed by atoms with Crippen molar-refractivity contribution >= 4 is 30.7 Å². The summed E-state index contributed by atoms with van der Waals surface area (Å²) in [5.41, 5.74) is 4.84. The van der Waals surface area contributed by atoms with E-state index in [2.05, 4.69) is 28.6 Å². The van der Waals surface area contributed by atoms with Crippen LogP contribution in [0.25, 0.3) is 0 Å². The molecule has 5 nitrogen and oxygen atoms in total. The maximum absolute atomic E-state index is 12.6. The van der Waals surface area contributed by atoms with Gasteiger partial charge in [0.2, 0.25) is 5.95 Å². The highest BCUT2D eigenvalue weighted by atomic mass is 31.1. The number of halogens is 3. The number of ether oxygens (including phenoxy) is 1. The average molecular weight is 344 g/mol. The lowest BCUT2D eigenvalue weighted by Gasteiger charge is -2.14. The molecule has 23 heavy (non-hydrogen) atoms. The van der Waals surface area contributed by atoms with Crippen LogP contribution in [0.2, 0.25) is 0 Å². The number of benzene rings is 1. The molecule has 2 rings (SSSR count). The topological polar surface area (TPSA) is 73.1 Å². The number of hydrogen-bond donors (Lipinski definition) is 2. The van der Waals surface area contributed by atoms with Crippen molar-refractivity contribution < 1.29 is 17.9 Å². The standard InChI is InChI=1S/C14H16F3N4OP/c1-22-11-6-8(23(2)3)4-5-10(11)20-13-19-7-9(12(18)21-13)14(15,16)17/h4-7H,1-3H3,(H3,18,19,20,21). The summed E-state index contributed by atoms with van der Waals surface area (Å²) >= 11 is 0. The molecule has 0 unspecified atom stereocenters. The van der Waals surface area contributed by atoms with Gasteiger partial charge in [-0.15, -0.1) is 0 Å². The Morgan fingerprint density at radius 1 is 1.26 bits per heavy atom. The Bertz CT molecular complexity index is 707. The van der Waals surface area contributed by atoms with Crippen molar-refractivity contribution in [2.45, 2.75) is 6.18 Å². The third kappa shape index (κ3) is 4.01. The summed E-state index contributed by atoms with van der Waals surface area (Å²) in [5, 5.41) is 3.96. The van der Waals surface area contributed by atoms with Crippen molar-refractivity contribution in [3.05, 3.63) is 30.0 Å². The molecule has 3 N–H and O–H groups in total. The van der Waals surface area contributed by atoms with Crippen LogP contribution in [0.1, 0.15) is 5.56 Å². The molecule has 0 aliphatic rings. The zero-order valence-electron chi connectivity index (χ0n) is 12.8. The first kappa shape index (κ1) is 17.3. The van der Waals surface area contributed by atoms with Crippen molar-refractivity contribution in [2.24, 2.45) is 0 Å². The quantitative estimate of drug-likeness (QED) is 0.834. The van der Waals surface area contributed by atoms with Crippen LogP contribution in [0, 0.1) is 0 Å². The van der Waals surface area contributed by atoms with Crippen LogP contribution < -0.4 is 21.1 Å². The van der Waals surface area contributed by atoms with E-state index >= 15 is 0 Å². The molecule has 0 spiro atoms. The van der Waals surface area contributed by atoms with E-state index in [1.165, 1.54) is 7.11 Å². The van der Waals surface area contributed by atoms with Crippen molar-refractivity contribution in [3.63, 3.8) is 0 Å². The van der Waals surface area contributed by atoms with Gasteiger partial charge in [-0.25, -0.2) is 4.98 Å². The Kier molecular flexibility index (Phi) is 4.94. The molecular formula is C14H16F3N4OP. The molecule has 0 radical (unpaired) electrons. The Morgan fingerprint density at radius 2 is 1.96 bits per heavy atom. The number of aromatic nitrogens is 2. The second-order valence-electron chi connectivity index (χ2n) is 4.89. The SMILES string of the molecule is COc1cc(P(C)C)ccc1Nc1ncc(C(F)(F)F)c(N)n1. The number of methoxy groups -OCH3 is 1. The van der Waals surface area contributed by atoms with Gasteiger partial charge in [-0.2, -0.15) is 18.2 Å². The highest BCUT2D eigenvalue weighted by Crippen LogP contribution is 2.34. The normalized spacial score (nSPS) is 11.6. The lowest BCUT2D eigenvalue weighted by Crippen LogP contribution is -2.12. The van der Waals surface area contributed by atoms with Gasteiger partial charge in [0.25, 0.3) is 0 Å². The van der Waals surface area contributed by atoms with E-state index in [9.17, 15) is 13.2 Å². The first-order valence-electron chi connectivity index (χ1n) is 6.54. The van der Waals surface area contributed by atoms with E-state index in [-0.39, 0.29) is 13.9 Å². The van der Waals surface area contributed by atoms with Gasteiger partial charge < -0.3 is 15.8 Å². The molecule has 0 amide bonds. The minimum atomic E-state index is -4.58. The van der Waals surface area contributed by atoms with Crippen molar-refractivity contribution in [1.29, 1.82) is 0 Å². The van der Waals surface area contributed by atoms with Crippen LogP contribution in [0.4, 0.5) is 30.6 Å². The summed E-state index contributed by atoms with van der Waals surface area (Å²) in [4.78, 5) is 7.31. The molecule has 0 aliphatic heterocycles. The molecule has 124 valence electrons. The molecular weight excluding hydrogens is 328 g/mol. The van der Waals surface area contributed by atoms with Gasteiger partial charge in [-0.05, 0) is 30.8 Å². The third-order valence-corrected chi connectivity index (χ3v) is 4.38. The summed E-state index contributed by atoms with van der Waals surface area (Å²) in [6.45, 7) is 4.22. The Labute approximate surface area is 132 Å². The minimum Gasteiger partial charge on any atom is -0.495 e. The molecule has 2 aromatic rings. The molecule has 0 aliphatic carbocycles. The number of rotatable bonds is 4. The average Bonchev–Trinajstić information content (AvgIpc) is 2.46. The van der Waals surface area contributed by atoms with Crippen LogP contribution in [0.15, 0.2) is 24.4 Å². The van der Waals surface area contributed by atoms with Crippen LogP contribution in [0.5, 0.6) is 5.75 Å². The van der Waals surface area contributed by atoms with E-state index < -0.39 is 17.6 Å². The smallest absolute Gasteiger partial charge is 0.421 e. The van der Waals surface area contributed by atoms with Gasteiger partial charge in [0.05, 0.1) is 12.8 Å². The number of alkyl halides is 3. The van der Waals surface area contributed by atoms with Gasteiger partial charge in [0, 0.05) is 6.20 Å². The highest BCUT2D eigenvalue weighted by Gasteiger charge is 2.34. The van der Waals surface area contributed by atoms with Crippen LogP contribution >= 0.6 is 7.92 Å². The molecule has 9 heteroatoms. The molecule has 0 saturated heterocycles. The van der Waals surface area contributed by atoms with Crippen LogP contribution in [0.3, 0.4) is 0 Å². The van der Waals surface area contributed by atoms with Crippen LogP contribution in [-0.4, -0.2) is 30.4 Å². The van der Waals surface area contributed by atoms with Gasteiger partial charge in [0.1, 0.15) is 17.1 Å². The van der Waals surface area contributed by atoms with E-state index in [4.69, 9.17) is 10.5 Å². The Hall–Kier alpha value is -2.08. The second-order valence-corrected chi connectivity index (χ2v) is 7.20. The molecule has 0 atom stereocenters. The fourth-order valence-electron chi connectivity index (χ4n) is 1.86.